The van der Waals surface area contributed by atoms with Crippen LogP contribution in [0.25, 0.3) is 0 Å². The highest BCUT2D eigenvalue weighted by atomic mass is 32.2. The van der Waals surface area contributed by atoms with E-state index in [2.05, 4.69) is 55.3 Å². The van der Waals surface area contributed by atoms with Crippen LogP contribution in [-0.4, -0.2) is 17.3 Å². The Bertz CT molecular complexity index is 540. The number of benzene rings is 1. The third kappa shape index (κ3) is 4.09. The molecule has 20 heavy (non-hydrogen) atoms. The van der Waals surface area contributed by atoms with E-state index >= 15 is 0 Å². The predicted molar refractivity (Wildman–Crippen MR) is 87.3 cm³/mol. The Balaban J connectivity index is 2.08. The summed E-state index contributed by atoms with van der Waals surface area (Å²) in [5.41, 5.74) is 4.06. The molecular weight excluding hydrogens is 264 g/mol. The Labute approximate surface area is 126 Å². The van der Waals surface area contributed by atoms with Gasteiger partial charge < -0.3 is 5.32 Å². The second kappa shape index (κ2) is 7.46. The second-order valence-corrected chi connectivity index (χ2v) is 5.97. The number of hydrogen-bond donors (Lipinski definition) is 1. The predicted octanol–water partition coefficient (Wildman–Crippen LogP) is 4.14. The Morgan fingerprint density at radius 2 is 2.00 bits per heavy atom. The van der Waals surface area contributed by atoms with Crippen molar-refractivity contribution in [2.75, 3.05) is 12.3 Å². The van der Waals surface area contributed by atoms with E-state index in [1.165, 1.54) is 16.7 Å². The van der Waals surface area contributed by atoms with Crippen LogP contribution in [0.1, 0.15) is 29.7 Å². The number of pyridine rings is 1. The van der Waals surface area contributed by atoms with Gasteiger partial charge in [-0.25, -0.2) is 4.98 Å². The number of rotatable bonds is 6. The van der Waals surface area contributed by atoms with Gasteiger partial charge in [0.1, 0.15) is 0 Å². The lowest BCUT2D eigenvalue weighted by Crippen LogP contribution is -2.23. The van der Waals surface area contributed by atoms with Crippen molar-refractivity contribution in [1.29, 1.82) is 0 Å². The average molecular weight is 286 g/mol. The van der Waals surface area contributed by atoms with E-state index in [-0.39, 0.29) is 0 Å². The summed E-state index contributed by atoms with van der Waals surface area (Å²) in [6.45, 7) is 7.46. The molecule has 0 bridgehead atoms. The van der Waals surface area contributed by atoms with E-state index < -0.39 is 0 Å². The smallest absolute Gasteiger partial charge is 0.0960 e. The fourth-order valence-electron chi connectivity index (χ4n) is 2.10. The molecule has 1 N–H and O–H groups in total. The Morgan fingerprint density at radius 1 is 1.15 bits per heavy atom. The second-order valence-electron chi connectivity index (χ2n) is 4.93. The normalized spacial score (nSPS) is 12.3. The van der Waals surface area contributed by atoms with Crippen LogP contribution in [0.15, 0.2) is 47.6 Å². The zero-order valence-electron chi connectivity index (χ0n) is 12.4. The molecule has 2 rings (SSSR count). The molecule has 0 fully saturated rings. The van der Waals surface area contributed by atoms with Gasteiger partial charge in [-0.05, 0) is 49.2 Å². The lowest BCUT2D eigenvalue weighted by Gasteiger charge is -2.19. The molecular formula is C17H22N2S. The quantitative estimate of drug-likeness (QED) is 0.808. The zero-order valence-corrected chi connectivity index (χ0v) is 13.2. The molecule has 3 heteroatoms. The minimum Gasteiger partial charge on any atom is -0.309 e. The van der Waals surface area contributed by atoms with E-state index in [1.54, 1.807) is 11.8 Å². The number of hydrogen-bond acceptors (Lipinski definition) is 3. The summed E-state index contributed by atoms with van der Waals surface area (Å²) in [6, 6.07) is 13.2. The van der Waals surface area contributed by atoms with Crippen LogP contribution in [0.5, 0.6) is 0 Å². The average Bonchev–Trinajstić information content (AvgIpc) is 2.47. The maximum absolute atomic E-state index is 4.37. The Kier molecular flexibility index (Phi) is 5.62. The van der Waals surface area contributed by atoms with E-state index in [0.29, 0.717) is 6.04 Å². The van der Waals surface area contributed by atoms with Crippen molar-refractivity contribution in [2.45, 2.75) is 31.8 Å². The topological polar surface area (TPSA) is 24.9 Å². The van der Waals surface area contributed by atoms with Crippen LogP contribution in [0, 0.1) is 13.8 Å². The minimum atomic E-state index is 0.367. The Hall–Kier alpha value is -1.32. The molecule has 0 saturated heterocycles. The zero-order chi connectivity index (χ0) is 14.4. The van der Waals surface area contributed by atoms with Gasteiger partial charge in [-0.15, -0.1) is 11.8 Å². The van der Waals surface area contributed by atoms with E-state index in [0.717, 1.165) is 17.3 Å². The number of nitrogens with zero attached hydrogens (tertiary/aromatic N) is 1. The molecule has 1 unspecified atom stereocenters. The highest BCUT2D eigenvalue weighted by molar-refractivity contribution is 7.99. The molecule has 0 aliphatic heterocycles. The Morgan fingerprint density at radius 3 is 2.65 bits per heavy atom. The van der Waals surface area contributed by atoms with Crippen LogP contribution >= 0.6 is 11.8 Å². The van der Waals surface area contributed by atoms with Gasteiger partial charge in [0.05, 0.1) is 5.03 Å². The summed E-state index contributed by atoms with van der Waals surface area (Å²) in [5.74, 6) is 0.993. The van der Waals surface area contributed by atoms with Crippen LogP contribution in [-0.2, 0) is 0 Å². The van der Waals surface area contributed by atoms with Crippen molar-refractivity contribution in [1.82, 2.24) is 10.3 Å². The molecule has 0 aliphatic rings. The maximum Gasteiger partial charge on any atom is 0.0960 e. The fourth-order valence-corrected chi connectivity index (χ4v) is 3.06. The van der Waals surface area contributed by atoms with Crippen molar-refractivity contribution >= 4 is 11.8 Å². The standard InChI is InChI=1S/C17H22N2S/c1-4-18-16(12-20-17-7-5-6-10-19-17)15-9-8-13(2)14(3)11-15/h5-11,16,18H,4,12H2,1-3H3. The minimum absolute atomic E-state index is 0.367. The molecule has 0 aliphatic carbocycles. The third-order valence-electron chi connectivity index (χ3n) is 3.42. The van der Waals surface area contributed by atoms with E-state index in [9.17, 15) is 0 Å². The van der Waals surface area contributed by atoms with Gasteiger partial charge in [-0.3, -0.25) is 0 Å². The van der Waals surface area contributed by atoms with Gasteiger partial charge >= 0.3 is 0 Å². The number of thioether (sulfide) groups is 1. The largest absolute Gasteiger partial charge is 0.309 e. The van der Waals surface area contributed by atoms with Crippen molar-refractivity contribution in [2.24, 2.45) is 0 Å². The van der Waals surface area contributed by atoms with Crippen molar-refractivity contribution in [3.8, 4) is 0 Å². The highest BCUT2D eigenvalue weighted by Crippen LogP contribution is 2.24. The molecule has 2 aromatic rings. The van der Waals surface area contributed by atoms with Gasteiger partial charge in [-0.2, -0.15) is 0 Å². The first-order valence-electron chi connectivity index (χ1n) is 7.05. The molecule has 1 aromatic carbocycles. The summed E-state index contributed by atoms with van der Waals surface area (Å²) in [7, 11) is 0. The highest BCUT2D eigenvalue weighted by Gasteiger charge is 2.11. The first-order chi connectivity index (χ1) is 9.70. The van der Waals surface area contributed by atoms with Gasteiger partial charge in [-0.1, -0.05) is 31.2 Å². The van der Waals surface area contributed by atoms with Crippen molar-refractivity contribution in [3.05, 3.63) is 59.3 Å². The number of aryl methyl sites for hydroxylation is 2. The monoisotopic (exact) mass is 286 g/mol. The summed E-state index contributed by atoms with van der Waals surface area (Å²) >= 11 is 1.80. The molecule has 1 heterocycles. The SMILES string of the molecule is CCNC(CSc1ccccn1)c1ccc(C)c(C)c1. The summed E-state index contributed by atoms with van der Waals surface area (Å²) in [6.07, 6.45) is 1.85. The van der Waals surface area contributed by atoms with Crippen molar-refractivity contribution in [3.63, 3.8) is 0 Å². The van der Waals surface area contributed by atoms with Gasteiger partial charge in [0.25, 0.3) is 0 Å². The molecule has 1 aromatic heterocycles. The first kappa shape index (κ1) is 15.1. The van der Waals surface area contributed by atoms with E-state index in [4.69, 9.17) is 0 Å². The molecule has 2 nitrogen and oxygen atoms in total. The summed E-state index contributed by atoms with van der Waals surface area (Å²) in [4.78, 5) is 4.37. The lowest BCUT2D eigenvalue weighted by atomic mass is 10.0. The lowest BCUT2D eigenvalue weighted by molar-refractivity contribution is 0.605. The van der Waals surface area contributed by atoms with Crippen molar-refractivity contribution < 1.29 is 0 Å². The van der Waals surface area contributed by atoms with Crippen LogP contribution in [0.2, 0.25) is 0 Å². The number of nitrogens with one attached hydrogen (secondary N) is 1. The van der Waals surface area contributed by atoms with Crippen LogP contribution in [0.3, 0.4) is 0 Å². The first-order valence-corrected chi connectivity index (χ1v) is 8.03. The molecule has 0 spiro atoms. The molecule has 0 radical (unpaired) electrons. The number of aromatic nitrogens is 1. The van der Waals surface area contributed by atoms with Crippen LogP contribution in [0.4, 0.5) is 0 Å². The van der Waals surface area contributed by atoms with Gasteiger partial charge in [0.2, 0.25) is 0 Å². The fraction of sp³-hybridized carbons (Fsp3) is 0.353. The van der Waals surface area contributed by atoms with E-state index in [1.807, 2.05) is 18.3 Å². The maximum atomic E-state index is 4.37. The molecule has 0 saturated carbocycles. The third-order valence-corrected chi connectivity index (χ3v) is 4.46. The molecule has 106 valence electrons. The molecule has 1 atom stereocenters. The molecule has 0 amide bonds. The summed E-state index contributed by atoms with van der Waals surface area (Å²) in [5, 5.41) is 4.65. The summed E-state index contributed by atoms with van der Waals surface area (Å²) < 4.78 is 0. The van der Waals surface area contributed by atoms with Crippen LogP contribution < -0.4 is 5.32 Å². The van der Waals surface area contributed by atoms with Gasteiger partial charge in [0, 0.05) is 18.0 Å². The van der Waals surface area contributed by atoms with Gasteiger partial charge in [0.15, 0.2) is 0 Å².